The lowest BCUT2D eigenvalue weighted by molar-refractivity contribution is 0.380. The van der Waals surface area contributed by atoms with Gasteiger partial charge in [0.15, 0.2) is 5.82 Å². The number of nitrogens with one attached hydrogen (secondary N) is 1. The molecule has 0 amide bonds. The lowest BCUT2D eigenvalue weighted by Gasteiger charge is -2.17. The predicted molar refractivity (Wildman–Crippen MR) is 65.0 cm³/mol. The molecule has 1 atom stereocenters. The zero-order valence-electron chi connectivity index (χ0n) is 9.53. The standard InChI is InChI=1S/C10H17ClN4O/c1-3-7(4-5-12)14-9-8(11)6-13-10(15-9)16-2/h6-7H,3-5,12H2,1-2H3,(H,13,14,15). The van der Waals surface area contributed by atoms with E-state index in [0.29, 0.717) is 23.4 Å². The number of anilines is 1. The SMILES string of the molecule is CCC(CCN)Nc1nc(OC)ncc1Cl. The van der Waals surface area contributed by atoms with Crippen LogP contribution in [-0.2, 0) is 0 Å². The normalized spacial score (nSPS) is 12.2. The second kappa shape index (κ2) is 6.50. The van der Waals surface area contributed by atoms with Gasteiger partial charge in [0.1, 0.15) is 5.02 Å². The molecule has 0 bridgehead atoms. The Morgan fingerprint density at radius 3 is 2.94 bits per heavy atom. The van der Waals surface area contributed by atoms with E-state index >= 15 is 0 Å². The van der Waals surface area contributed by atoms with Gasteiger partial charge in [-0.1, -0.05) is 18.5 Å². The first kappa shape index (κ1) is 13.0. The maximum Gasteiger partial charge on any atom is 0.318 e. The van der Waals surface area contributed by atoms with Crippen LogP contribution in [0.2, 0.25) is 5.02 Å². The van der Waals surface area contributed by atoms with Crippen LogP contribution in [0.1, 0.15) is 19.8 Å². The highest BCUT2D eigenvalue weighted by atomic mass is 35.5. The molecule has 6 heteroatoms. The van der Waals surface area contributed by atoms with Crippen molar-refractivity contribution in [3.8, 4) is 6.01 Å². The van der Waals surface area contributed by atoms with Gasteiger partial charge in [0, 0.05) is 6.04 Å². The third-order valence-electron chi connectivity index (χ3n) is 2.25. The largest absolute Gasteiger partial charge is 0.467 e. The highest BCUT2D eigenvalue weighted by Crippen LogP contribution is 2.21. The average molecular weight is 245 g/mol. The number of hydrogen-bond acceptors (Lipinski definition) is 5. The summed E-state index contributed by atoms with van der Waals surface area (Å²) in [5.41, 5.74) is 5.52. The van der Waals surface area contributed by atoms with Crippen LogP contribution in [0.4, 0.5) is 5.82 Å². The van der Waals surface area contributed by atoms with Crippen LogP contribution in [0.3, 0.4) is 0 Å². The Hall–Kier alpha value is -1.07. The number of halogens is 1. The van der Waals surface area contributed by atoms with Gasteiger partial charge in [-0.3, -0.25) is 0 Å². The van der Waals surface area contributed by atoms with E-state index in [4.69, 9.17) is 22.1 Å². The molecule has 1 heterocycles. The smallest absolute Gasteiger partial charge is 0.318 e. The first-order chi connectivity index (χ1) is 7.71. The Labute approximate surface area is 100 Å². The van der Waals surface area contributed by atoms with Crippen molar-refractivity contribution in [2.45, 2.75) is 25.8 Å². The number of hydrogen-bond donors (Lipinski definition) is 2. The van der Waals surface area contributed by atoms with E-state index < -0.39 is 0 Å². The number of methoxy groups -OCH3 is 1. The summed E-state index contributed by atoms with van der Waals surface area (Å²) in [6, 6.07) is 0.566. The summed E-state index contributed by atoms with van der Waals surface area (Å²) in [5, 5.41) is 3.71. The van der Waals surface area contributed by atoms with Crippen LogP contribution in [0.5, 0.6) is 6.01 Å². The van der Waals surface area contributed by atoms with E-state index in [2.05, 4.69) is 22.2 Å². The van der Waals surface area contributed by atoms with Crippen LogP contribution in [-0.4, -0.2) is 29.7 Å². The minimum atomic E-state index is 0.266. The molecular weight excluding hydrogens is 228 g/mol. The van der Waals surface area contributed by atoms with E-state index in [1.807, 2.05) is 0 Å². The third-order valence-corrected chi connectivity index (χ3v) is 2.53. The fourth-order valence-electron chi connectivity index (χ4n) is 1.32. The molecule has 16 heavy (non-hydrogen) atoms. The van der Waals surface area contributed by atoms with Gasteiger partial charge in [-0.2, -0.15) is 4.98 Å². The number of ether oxygens (including phenoxy) is 1. The van der Waals surface area contributed by atoms with Gasteiger partial charge in [0.2, 0.25) is 0 Å². The van der Waals surface area contributed by atoms with E-state index in [1.54, 1.807) is 0 Å². The Balaban J connectivity index is 2.77. The molecule has 3 N–H and O–H groups in total. The molecular formula is C10H17ClN4O. The highest BCUT2D eigenvalue weighted by Gasteiger charge is 2.10. The van der Waals surface area contributed by atoms with Crippen molar-refractivity contribution in [1.29, 1.82) is 0 Å². The Morgan fingerprint density at radius 1 is 1.62 bits per heavy atom. The maximum atomic E-state index is 5.98. The summed E-state index contributed by atoms with van der Waals surface area (Å²) in [5.74, 6) is 0.591. The summed E-state index contributed by atoms with van der Waals surface area (Å²) < 4.78 is 4.94. The Bertz CT molecular complexity index is 335. The van der Waals surface area contributed by atoms with E-state index in [0.717, 1.165) is 12.8 Å². The number of nitrogens with zero attached hydrogens (tertiary/aromatic N) is 2. The molecule has 90 valence electrons. The van der Waals surface area contributed by atoms with E-state index in [-0.39, 0.29) is 6.04 Å². The molecule has 0 saturated carbocycles. The minimum Gasteiger partial charge on any atom is -0.467 e. The molecule has 0 saturated heterocycles. The summed E-state index contributed by atoms with van der Waals surface area (Å²) in [6.45, 7) is 2.71. The summed E-state index contributed by atoms with van der Waals surface area (Å²) in [7, 11) is 1.52. The van der Waals surface area contributed by atoms with Gasteiger partial charge >= 0.3 is 6.01 Å². The lowest BCUT2D eigenvalue weighted by Crippen LogP contribution is -2.23. The van der Waals surface area contributed by atoms with Gasteiger partial charge in [-0.05, 0) is 19.4 Å². The fraction of sp³-hybridized carbons (Fsp3) is 0.600. The number of aromatic nitrogens is 2. The molecule has 0 fully saturated rings. The first-order valence-electron chi connectivity index (χ1n) is 5.24. The van der Waals surface area contributed by atoms with Gasteiger partial charge in [-0.15, -0.1) is 0 Å². The van der Waals surface area contributed by atoms with Crippen LogP contribution >= 0.6 is 11.6 Å². The van der Waals surface area contributed by atoms with E-state index in [9.17, 15) is 0 Å². The molecule has 0 aromatic carbocycles. The topological polar surface area (TPSA) is 73.1 Å². The molecule has 0 spiro atoms. The molecule has 0 radical (unpaired) electrons. The van der Waals surface area contributed by atoms with Crippen LogP contribution < -0.4 is 15.8 Å². The highest BCUT2D eigenvalue weighted by molar-refractivity contribution is 6.32. The molecule has 1 unspecified atom stereocenters. The molecule has 0 aliphatic rings. The fourth-order valence-corrected chi connectivity index (χ4v) is 1.47. The van der Waals surface area contributed by atoms with Crippen molar-refractivity contribution < 1.29 is 4.74 Å². The zero-order valence-corrected chi connectivity index (χ0v) is 10.3. The van der Waals surface area contributed by atoms with Crippen LogP contribution in [0.15, 0.2) is 6.20 Å². The predicted octanol–water partition coefficient (Wildman–Crippen LogP) is 1.68. The van der Waals surface area contributed by atoms with Crippen LogP contribution in [0.25, 0.3) is 0 Å². The van der Waals surface area contributed by atoms with Crippen molar-refractivity contribution in [2.75, 3.05) is 19.0 Å². The quantitative estimate of drug-likeness (QED) is 0.797. The van der Waals surface area contributed by atoms with Gasteiger partial charge in [-0.25, -0.2) is 4.98 Å². The van der Waals surface area contributed by atoms with Crippen molar-refractivity contribution in [2.24, 2.45) is 5.73 Å². The molecule has 0 aliphatic carbocycles. The Kier molecular flexibility index (Phi) is 5.28. The first-order valence-corrected chi connectivity index (χ1v) is 5.62. The summed E-state index contributed by atoms with van der Waals surface area (Å²) >= 11 is 5.98. The van der Waals surface area contributed by atoms with Crippen molar-refractivity contribution >= 4 is 17.4 Å². The Morgan fingerprint density at radius 2 is 2.38 bits per heavy atom. The molecule has 0 aliphatic heterocycles. The minimum absolute atomic E-state index is 0.266. The van der Waals surface area contributed by atoms with Gasteiger partial charge < -0.3 is 15.8 Å². The van der Waals surface area contributed by atoms with Crippen molar-refractivity contribution in [3.63, 3.8) is 0 Å². The molecule has 1 aromatic heterocycles. The van der Waals surface area contributed by atoms with Gasteiger partial charge in [0.05, 0.1) is 13.3 Å². The molecule has 1 aromatic rings. The second-order valence-electron chi connectivity index (χ2n) is 3.38. The summed E-state index contributed by atoms with van der Waals surface area (Å²) in [4.78, 5) is 8.05. The van der Waals surface area contributed by atoms with Crippen molar-refractivity contribution in [3.05, 3.63) is 11.2 Å². The van der Waals surface area contributed by atoms with Crippen molar-refractivity contribution in [1.82, 2.24) is 9.97 Å². The number of rotatable bonds is 6. The lowest BCUT2D eigenvalue weighted by atomic mass is 10.1. The molecule has 5 nitrogen and oxygen atoms in total. The van der Waals surface area contributed by atoms with Crippen LogP contribution in [0, 0.1) is 0 Å². The average Bonchev–Trinajstić information content (AvgIpc) is 2.31. The third kappa shape index (κ3) is 3.50. The van der Waals surface area contributed by atoms with Gasteiger partial charge in [0.25, 0.3) is 0 Å². The second-order valence-corrected chi connectivity index (χ2v) is 3.79. The maximum absolute atomic E-state index is 5.98. The summed E-state index contributed by atoms with van der Waals surface area (Å²) in [6.07, 6.45) is 3.35. The zero-order chi connectivity index (χ0) is 12.0. The van der Waals surface area contributed by atoms with E-state index in [1.165, 1.54) is 13.3 Å². The molecule has 1 rings (SSSR count). The number of nitrogens with two attached hydrogens (primary N) is 1. The monoisotopic (exact) mass is 244 g/mol.